The van der Waals surface area contributed by atoms with E-state index in [9.17, 15) is 4.39 Å². The lowest BCUT2D eigenvalue weighted by Gasteiger charge is -2.31. The maximum absolute atomic E-state index is 12.9. The van der Waals surface area contributed by atoms with E-state index in [4.69, 9.17) is 0 Å². The van der Waals surface area contributed by atoms with Crippen LogP contribution in [0.2, 0.25) is 0 Å². The van der Waals surface area contributed by atoms with Gasteiger partial charge >= 0.3 is 0 Å². The lowest BCUT2D eigenvalue weighted by Crippen LogP contribution is -2.47. The van der Waals surface area contributed by atoms with Crippen LogP contribution in [0.5, 0.6) is 0 Å². The molecule has 2 aromatic rings. The first-order valence-corrected chi connectivity index (χ1v) is 6.10. The molecule has 2 heterocycles. The van der Waals surface area contributed by atoms with Crippen LogP contribution in [-0.2, 0) is 13.1 Å². The summed E-state index contributed by atoms with van der Waals surface area (Å²) in [5.74, 6) is 0.819. The summed E-state index contributed by atoms with van der Waals surface area (Å²) in [6.07, 6.45) is 2.05. The van der Waals surface area contributed by atoms with E-state index < -0.39 is 0 Å². The Balaban J connectivity index is 1.96. The smallest absolute Gasteiger partial charge is 0.123 e. The second-order valence-corrected chi connectivity index (χ2v) is 5.41. The molecule has 0 unspecified atom stereocenters. The minimum Gasteiger partial charge on any atom is -0.331 e. The van der Waals surface area contributed by atoms with Gasteiger partial charge in [0.05, 0.1) is 12.2 Å². The van der Waals surface area contributed by atoms with Gasteiger partial charge in [-0.2, -0.15) is 0 Å². The predicted octanol–water partition coefficient (Wildman–Crippen LogP) is 2.57. The van der Waals surface area contributed by atoms with Crippen molar-refractivity contribution in [2.75, 3.05) is 0 Å². The molecule has 0 amide bonds. The third kappa shape index (κ3) is 2.04. The highest BCUT2D eigenvalue weighted by Crippen LogP contribution is 2.23. The number of nitrogens with zero attached hydrogens (tertiary/aromatic N) is 2. The number of imidazole rings is 1. The molecule has 3 nitrogen and oxygen atoms in total. The van der Waals surface area contributed by atoms with Crippen LogP contribution in [0.3, 0.4) is 0 Å². The van der Waals surface area contributed by atoms with E-state index in [0.717, 1.165) is 30.2 Å². The number of nitrogens with one attached hydrogen (secondary N) is 1. The molecule has 1 aliphatic heterocycles. The number of halogens is 1. The number of hydrogen-bond donors (Lipinski definition) is 1. The van der Waals surface area contributed by atoms with Gasteiger partial charge in [0, 0.05) is 23.8 Å². The predicted molar refractivity (Wildman–Crippen MR) is 68.5 cm³/mol. The lowest BCUT2D eigenvalue weighted by atomic mass is 10.0. The molecule has 0 aliphatic carbocycles. The molecule has 4 heteroatoms. The van der Waals surface area contributed by atoms with Gasteiger partial charge in [-0.25, -0.2) is 9.37 Å². The minimum absolute atomic E-state index is 0.0910. The van der Waals surface area contributed by atoms with Crippen molar-refractivity contribution in [3.8, 4) is 11.3 Å². The molecular weight excluding hydrogens is 229 g/mol. The lowest BCUT2D eigenvalue weighted by molar-refractivity contribution is 0.290. The van der Waals surface area contributed by atoms with Crippen molar-refractivity contribution < 1.29 is 4.39 Å². The maximum Gasteiger partial charge on any atom is 0.123 e. The molecule has 0 spiro atoms. The van der Waals surface area contributed by atoms with Gasteiger partial charge in [-0.1, -0.05) is 0 Å². The van der Waals surface area contributed by atoms with E-state index in [1.54, 1.807) is 12.1 Å². The molecule has 1 aromatic carbocycles. The summed E-state index contributed by atoms with van der Waals surface area (Å²) in [4.78, 5) is 4.59. The molecule has 0 bridgehead atoms. The summed E-state index contributed by atoms with van der Waals surface area (Å²) in [7, 11) is 0. The van der Waals surface area contributed by atoms with Crippen LogP contribution in [0.25, 0.3) is 11.3 Å². The number of benzene rings is 1. The Hall–Kier alpha value is -1.68. The molecule has 94 valence electrons. The molecule has 18 heavy (non-hydrogen) atoms. The second kappa shape index (κ2) is 3.92. The summed E-state index contributed by atoms with van der Waals surface area (Å²) in [5.41, 5.74) is 1.95. The van der Waals surface area contributed by atoms with Crippen molar-refractivity contribution in [1.82, 2.24) is 14.9 Å². The van der Waals surface area contributed by atoms with Crippen molar-refractivity contribution in [3.63, 3.8) is 0 Å². The first kappa shape index (κ1) is 11.4. The van der Waals surface area contributed by atoms with Crippen LogP contribution >= 0.6 is 0 Å². The van der Waals surface area contributed by atoms with Crippen LogP contribution in [-0.4, -0.2) is 15.1 Å². The quantitative estimate of drug-likeness (QED) is 0.837. The minimum atomic E-state index is -0.217. The van der Waals surface area contributed by atoms with Gasteiger partial charge in [0.1, 0.15) is 11.6 Å². The zero-order valence-electron chi connectivity index (χ0n) is 10.6. The van der Waals surface area contributed by atoms with Crippen LogP contribution in [0.1, 0.15) is 19.7 Å². The Morgan fingerprint density at radius 2 is 2.00 bits per heavy atom. The Labute approximate surface area is 106 Å². The van der Waals surface area contributed by atoms with Crippen molar-refractivity contribution in [2.45, 2.75) is 32.5 Å². The second-order valence-electron chi connectivity index (χ2n) is 5.41. The number of rotatable bonds is 1. The number of fused-ring (bicyclic) bond motifs is 1. The van der Waals surface area contributed by atoms with Crippen molar-refractivity contribution in [1.29, 1.82) is 0 Å². The fourth-order valence-corrected chi connectivity index (χ4v) is 2.29. The summed E-state index contributed by atoms with van der Waals surface area (Å²) >= 11 is 0. The van der Waals surface area contributed by atoms with Crippen LogP contribution in [0.4, 0.5) is 4.39 Å². The fraction of sp³-hybridized carbons (Fsp3) is 0.357. The van der Waals surface area contributed by atoms with Crippen molar-refractivity contribution in [2.24, 2.45) is 0 Å². The molecule has 1 N–H and O–H groups in total. The maximum atomic E-state index is 12.9. The zero-order chi connectivity index (χ0) is 12.8. The molecule has 1 aromatic heterocycles. The molecule has 0 fully saturated rings. The van der Waals surface area contributed by atoms with E-state index in [0.29, 0.717) is 0 Å². The molecule has 1 aliphatic rings. The monoisotopic (exact) mass is 245 g/mol. The number of aromatic nitrogens is 2. The molecule has 0 atom stereocenters. The SMILES string of the molecule is CC1(C)Cn2cc(-c3ccc(F)cc3)nc2CN1. The highest BCUT2D eigenvalue weighted by molar-refractivity contribution is 5.58. The van der Waals surface area contributed by atoms with Crippen molar-refractivity contribution in [3.05, 3.63) is 42.1 Å². The Morgan fingerprint density at radius 1 is 1.28 bits per heavy atom. The zero-order valence-corrected chi connectivity index (χ0v) is 10.6. The van der Waals surface area contributed by atoms with Gasteiger partial charge < -0.3 is 9.88 Å². The molecule has 0 saturated heterocycles. The molecular formula is C14H16FN3. The van der Waals surface area contributed by atoms with Gasteiger partial charge in [0.25, 0.3) is 0 Å². The standard InChI is InChI=1S/C14H16FN3/c1-14(2)9-18-8-12(17-13(18)7-16-14)10-3-5-11(15)6-4-10/h3-6,8,16H,7,9H2,1-2H3. The summed E-state index contributed by atoms with van der Waals surface area (Å²) in [6.45, 7) is 6.02. The van der Waals surface area contributed by atoms with Gasteiger partial charge in [0.15, 0.2) is 0 Å². The van der Waals surface area contributed by atoms with E-state index >= 15 is 0 Å². The van der Waals surface area contributed by atoms with E-state index in [-0.39, 0.29) is 11.4 Å². The van der Waals surface area contributed by atoms with Crippen molar-refractivity contribution >= 4 is 0 Å². The average molecular weight is 245 g/mol. The van der Waals surface area contributed by atoms with E-state index in [2.05, 4.69) is 28.7 Å². The fourth-order valence-electron chi connectivity index (χ4n) is 2.29. The largest absolute Gasteiger partial charge is 0.331 e. The highest BCUT2D eigenvalue weighted by Gasteiger charge is 2.25. The van der Waals surface area contributed by atoms with Crippen LogP contribution in [0.15, 0.2) is 30.5 Å². The molecule has 0 saturated carbocycles. The van der Waals surface area contributed by atoms with Gasteiger partial charge in [-0.15, -0.1) is 0 Å². The third-order valence-corrected chi connectivity index (χ3v) is 3.29. The topological polar surface area (TPSA) is 29.9 Å². The summed E-state index contributed by atoms with van der Waals surface area (Å²) in [6, 6.07) is 6.47. The highest BCUT2D eigenvalue weighted by atomic mass is 19.1. The summed E-state index contributed by atoms with van der Waals surface area (Å²) in [5, 5.41) is 3.45. The third-order valence-electron chi connectivity index (χ3n) is 3.29. The first-order chi connectivity index (χ1) is 8.53. The van der Waals surface area contributed by atoms with Gasteiger partial charge in [-0.05, 0) is 38.1 Å². The normalized spacial score (nSPS) is 17.5. The Bertz CT molecular complexity index is 569. The van der Waals surface area contributed by atoms with Crippen LogP contribution in [0, 0.1) is 5.82 Å². The van der Waals surface area contributed by atoms with E-state index in [1.807, 2.05) is 6.20 Å². The molecule has 3 rings (SSSR count). The molecule has 0 radical (unpaired) electrons. The van der Waals surface area contributed by atoms with Gasteiger partial charge in [-0.3, -0.25) is 0 Å². The van der Waals surface area contributed by atoms with E-state index in [1.165, 1.54) is 12.1 Å². The Kier molecular flexibility index (Phi) is 2.48. The van der Waals surface area contributed by atoms with Gasteiger partial charge in [0.2, 0.25) is 0 Å². The summed E-state index contributed by atoms with van der Waals surface area (Å²) < 4.78 is 15.1. The average Bonchev–Trinajstić information content (AvgIpc) is 2.71. The first-order valence-electron chi connectivity index (χ1n) is 6.10. The number of hydrogen-bond acceptors (Lipinski definition) is 2. The Morgan fingerprint density at radius 3 is 2.72 bits per heavy atom. The van der Waals surface area contributed by atoms with Crippen LogP contribution < -0.4 is 5.32 Å².